The number of hydrogen-bond donors (Lipinski definition) is 1. The lowest BCUT2D eigenvalue weighted by Crippen LogP contribution is -2.13. The molecule has 0 saturated carbocycles. The Bertz CT molecular complexity index is 538. The molecule has 0 bridgehead atoms. The van der Waals surface area contributed by atoms with E-state index in [2.05, 4.69) is 0 Å². The van der Waals surface area contributed by atoms with Gasteiger partial charge in [-0.2, -0.15) is 13.2 Å². The topological polar surface area (TPSA) is 29.5 Å². The summed E-state index contributed by atoms with van der Waals surface area (Å²) in [7, 11) is 0. The molecule has 108 valence electrons. The van der Waals surface area contributed by atoms with Gasteiger partial charge in [0.1, 0.15) is 5.75 Å². The molecule has 0 radical (unpaired) electrons. The van der Waals surface area contributed by atoms with E-state index in [9.17, 15) is 18.3 Å². The first-order valence-electron chi connectivity index (χ1n) is 5.95. The van der Waals surface area contributed by atoms with Crippen molar-refractivity contribution >= 4 is 11.3 Å². The smallest absolute Gasteiger partial charge is 0.416 e. The van der Waals surface area contributed by atoms with Gasteiger partial charge >= 0.3 is 6.18 Å². The van der Waals surface area contributed by atoms with Crippen molar-refractivity contribution in [3.63, 3.8) is 0 Å². The third kappa shape index (κ3) is 3.74. The number of halogens is 3. The summed E-state index contributed by atoms with van der Waals surface area (Å²) in [6.07, 6.45) is -4.39. The van der Waals surface area contributed by atoms with E-state index in [1.54, 1.807) is 0 Å². The number of aliphatic hydroxyl groups is 1. The largest absolute Gasteiger partial charge is 0.493 e. The molecule has 0 fully saturated rings. The molecule has 0 aliphatic heterocycles. The third-order valence-corrected chi connectivity index (χ3v) is 3.81. The molecule has 1 unspecified atom stereocenters. The van der Waals surface area contributed by atoms with Gasteiger partial charge in [0.25, 0.3) is 0 Å². The van der Waals surface area contributed by atoms with Crippen LogP contribution in [0.3, 0.4) is 0 Å². The summed E-state index contributed by atoms with van der Waals surface area (Å²) in [6.45, 7) is 0.0256. The molecule has 1 atom stereocenters. The molecule has 0 aliphatic rings. The van der Waals surface area contributed by atoms with Crippen molar-refractivity contribution in [2.75, 3.05) is 13.2 Å². The van der Waals surface area contributed by atoms with Crippen molar-refractivity contribution in [3.05, 3.63) is 52.2 Å². The van der Waals surface area contributed by atoms with E-state index in [4.69, 9.17) is 4.74 Å². The lowest BCUT2D eigenvalue weighted by atomic mass is 10.1. The second-order valence-electron chi connectivity index (χ2n) is 4.23. The summed E-state index contributed by atoms with van der Waals surface area (Å²) in [5.41, 5.74) is -0.744. The molecule has 20 heavy (non-hydrogen) atoms. The number of rotatable bonds is 5. The van der Waals surface area contributed by atoms with Crippen LogP contribution in [0.4, 0.5) is 13.2 Å². The van der Waals surface area contributed by atoms with Crippen molar-refractivity contribution in [1.29, 1.82) is 0 Å². The quantitative estimate of drug-likeness (QED) is 0.907. The number of alkyl halides is 3. The number of ether oxygens (including phenoxy) is 1. The van der Waals surface area contributed by atoms with E-state index < -0.39 is 11.7 Å². The normalized spacial score (nSPS) is 13.2. The summed E-state index contributed by atoms with van der Waals surface area (Å²) >= 11 is 1.48. The molecule has 0 saturated heterocycles. The van der Waals surface area contributed by atoms with Gasteiger partial charge in [-0.15, -0.1) is 11.3 Å². The summed E-state index contributed by atoms with van der Waals surface area (Å²) in [5.74, 6) is -0.0839. The minimum absolute atomic E-state index is 0.112. The standard InChI is InChI=1S/C14H13F3O2S/c15-14(16,17)11-3-1-4-12(7-11)19-9-10(8-18)13-5-2-6-20-13/h1-7,10,18H,8-9H2. The Morgan fingerprint density at radius 2 is 2.00 bits per heavy atom. The average Bonchev–Trinajstić information content (AvgIpc) is 2.93. The van der Waals surface area contributed by atoms with Crippen LogP contribution in [0.15, 0.2) is 41.8 Å². The van der Waals surface area contributed by atoms with Gasteiger partial charge in [-0.1, -0.05) is 12.1 Å². The zero-order chi connectivity index (χ0) is 14.6. The Morgan fingerprint density at radius 1 is 1.20 bits per heavy atom. The predicted octanol–water partition coefficient (Wildman–Crippen LogP) is 3.92. The summed E-state index contributed by atoms with van der Waals surface area (Å²) in [6, 6.07) is 8.45. The van der Waals surface area contributed by atoms with Gasteiger partial charge in [-0.3, -0.25) is 0 Å². The molecular formula is C14H13F3O2S. The van der Waals surface area contributed by atoms with Crippen molar-refractivity contribution in [2.24, 2.45) is 0 Å². The number of thiophene rings is 1. The molecule has 1 N–H and O–H groups in total. The van der Waals surface area contributed by atoms with Crippen LogP contribution < -0.4 is 4.74 Å². The zero-order valence-corrected chi connectivity index (χ0v) is 11.2. The SMILES string of the molecule is OCC(COc1cccc(C(F)(F)F)c1)c1cccs1. The van der Waals surface area contributed by atoms with Crippen LogP contribution in [0.1, 0.15) is 16.4 Å². The van der Waals surface area contributed by atoms with Crippen LogP contribution in [-0.4, -0.2) is 18.3 Å². The maximum atomic E-state index is 12.6. The van der Waals surface area contributed by atoms with Gasteiger partial charge in [0.2, 0.25) is 0 Å². The van der Waals surface area contributed by atoms with E-state index in [0.29, 0.717) is 0 Å². The van der Waals surface area contributed by atoms with Crippen LogP contribution in [0.2, 0.25) is 0 Å². The molecule has 2 nitrogen and oxygen atoms in total. The fourth-order valence-corrected chi connectivity index (χ4v) is 2.51. The highest BCUT2D eigenvalue weighted by Gasteiger charge is 2.30. The highest BCUT2D eigenvalue weighted by molar-refractivity contribution is 7.10. The van der Waals surface area contributed by atoms with Crippen LogP contribution in [-0.2, 0) is 6.18 Å². The van der Waals surface area contributed by atoms with Gasteiger partial charge in [0.05, 0.1) is 24.7 Å². The molecule has 6 heteroatoms. The molecular weight excluding hydrogens is 289 g/mol. The van der Waals surface area contributed by atoms with Gasteiger partial charge in [0, 0.05) is 4.88 Å². The second kappa shape index (κ2) is 6.28. The third-order valence-electron chi connectivity index (χ3n) is 2.78. The summed E-state index contributed by atoms with van der Waals surface area (Å²) < 4.78 is 43.1. The number of aliphatic hydroxyl groups excluding tert-OH is 1. The molecule has 2 rings (SSSR count). The Morgan fingerprint density at radius 3 is 2.60 bits per heavy atom. The maximum Gasteiger partial charge on any atom is 0.416 e. The zero-order valence-electron chi connectivity index (χ0n) is 10.4. The van der Waals surface area contributed by atoms with E-state index in [1.807, 2.05) is 17.5 Å². The maximum absolute atomic E-state index is 12.6. The first-order valence-corrected chi connectivity index (χ1v) is 6.83. The van der Waals surface area contributed by atoms with Gasteiger partial charge in [-0.05, 0) is 29.6 Å². The van der Waals surface area contributed by atoms with Crippen LogP contribution in [0, 0.1) is 0 Å². The van der Waals surface area contributed by atoms with Crippen molar-refractivity contribution in [1.82, 2.24) is 0 Å². The Kier molecular flexibility index (Phi) is 4.67. The highest BCUT2D eigenvalue weighted by atomic mass is 32.1. The predicted molar refractivity (Wildman–Crippen MR) is 71.1 cm³/mol. The van der Waals surface area contributed by atoms with Gasteiger partial charge in [0.15, 0.2) is 0 Å². The summed E-state index contributed by atoms with van der Waals surface area (Å²) in [4.78, 5) is 0.944. The highest BCUT2D eigenvalue weighted by Crippen LogP contribution is 2.31. The van der Waals surface area contributed by atoms with Crippen LogP contribution in [0.25, 0.3) is 0 Å². The summed E-state index contributed by atoms with van der Waals surface area (Å²) in [5, 5.41) is 11.2. The number of hydrogen-bond acceptors (Lipinski definition) is 3. The van der Waals surface area contributed by atoms with Crippen molar-refractivity contribution in [3.8, 4) is 5.75 Å². The molecule has 0 aliphatic carbocycles. The van der Waals surface area contributed by atoms with Crippen LogP contribution in [0.5, 0.6) is 5.75 Å². The first-order chi connectivity index (χ1) is 9.50. The molecule has 1 heterocycles. The molecule has 2 aromatic rings. The van der Waals surface area contributed by atoms with Gasteiger partial charge in [-0.25, -0.2) is 0 Å². The van der Waals surface area contributed by atoms with Crippen LogP contribution >= 0.6 is 11.3 Å². The number of benzene rings is 1. The van der Waals surface area contributed by atoms with E-state index in [0.717, 1.165) is 17.0 Å². The monoisotopic (exact) mass is 302 g/mol. The average molecular weight is 302 g/mol. The Hall–Kier alpha value is -1.53. The van der Waals surface area contributed by atoms with E-state index in [1.165, 1.54) is 23.5 Å². The fraction of sp³-hybridized carbons (Fsp3) is 0.286. The Labute approximate surface area is 118 Å². The minimum Gasteiger partial charge on any atom is -0.493 e. The van der Waals surface area contributed by atoms with Crippen molar-refractivity contribution < 1.29 is 23.0 Å². The lowest BCUT2D eigenvalue weighted by Gasteiger charge is -2.15. The molecule has 0 amide bonds. The second-order valence-corrected chi connectivity index (χ2v) is 5.21. The minimum atomic E-state index is -4.39. The molecule has 1 aromatic carbocycles. The van der Waals surface area contributed by atoms with E-state index >= 15 is 0 Å². The van der Waals surface area contributed by atoms with Crippen molar-refractivity contribution in [2.45, 2.75) is 12.1 Å². The molecule has 0 spiro atoms. The molecule has 1 aromatic heterocycles. The van der Waals surface area contributed by atoms with Gasteiger partial charge < -0.3 is 9.84 Å². The fourth-order valence-electron chi connectivity index (χ4n) is 1.71. The van der Waals surface area contributed by atoms with E-state index in [-0.39, 0.29) is 24.9 Å². The Balaban J connectivity index is 2.03. The first kappa shape index (κ1) is 14.9. The lowest BCUT2D eigenvalue weighted by molar-refractivity contribution is -0.137.